The smallest absolute Gasteiger partial charge is 0.215 e. The maximum atomic E-state index is 2.76. The van der Waals surface area contributed by atoms with Crippen LogP contribution < -0.4 is 0 Å². The van der Waals surface area contributed by atoms with Gasteiger partial charge >= 0.3 is 0 Å². The first-order valence-corrected chi connectivity index (χ1v) is 7.20. The molecular formula is C14H27BN. The summed E-state index contributed by atoms with van der Waals surface area (Å²) in [5.74, 6) is 0. The molecule has 0 aliphatic heterocycles. The molecule has 91 valence electrons. The molecule has 2 fully saturated rings. The van der Waals surface area contributed by atoms with E-state index in [-0.39, 0.29) is 0 Å². The minimum Gasteiger partial charge on any atom is -0.341 e. The van der Waals surface area contributed by atoms with Crippen molar-refractivity contribution in [2.45, 2.75) is 89.5 Å². The Morgan fingerprint density at radius 2 is 1.19 bits per heavy atom. The van der Waals surface area contributed by atoms with E-state index in [0.29, 0.717) is 5.31 Å². The van der Waals surface area contributed by atoms with Crippen LogP contribution in [0.1, 0.15) is 72.1 Å². The van der Waals surface area contributed by atoms with E-state index in [2.05, 4.69) is 33.0 Å². The minimum atomic E-state index is 0.338. The molecule has 2 aliphatic rings. The van der Waals surface area contributed by atoms with E-state index >= 15 is 0 Å². The molecule has 0 amide bonds. The molecule has 0 saturated heterocycles. The van der Waals surface area contributed by atoms with Gasteiger partial charge in [0.15, 0.2) is 0 Å². The summed E-state index contributed by atoms with van der Waals surface area (Å²) in [7, 11) is 2.54. The molecule has 0 spiro atoms. The van der Waals surface area contributed by atoms with Crippen LogP contribution in [0.25, 0.3) is 0 Å². The normalized spacial score (nSPS) is 24.5. The fraction of sp³-hybridized carbons (Fsp3) is 1.00. The fourth-order valence-electron chi connectivity index (χ4n) is 3.36. The zero-order valence-electron chi connectivity index (χ0n) is 11.3. The third-order valence-electron chi connectivity index (χ3n) is 4.03. The van der Waals surface area contributed by atoms with Crippen molar-refractivity contribution in [3.8, 4) is 0 Å². The second-order valence-electron chi connectivity index (χ2n) is 6.82. The van der Waals surface area contributed by atoms with Crippen LogP contribution >= 0.6 is 0 Å². The molecule has 1 radical (unpaired) electrons. The second-order valence-corrected chi connectivity index (χ2v) is 6.82. The van der Waals surface area contributed by atoms with Crippen molar-refractivity contribution in [1.82, 2.24) is 4.81 Å². The maximum Gasteiger partial charge on any atom is 0.215 e. The van der Waals surface area contributed by atoms with Crippen molar-refractivity contribution < 1.29 is 0 Å². The largest absolute Gasteiger partial charge is 0.341 e. The van der Waals surface area contributed by atoms with Gasteiger partial charge in [0.25, 0.3) is 0 Å². The Bertz CT molecular complexity index is 193. The first-order chi connectivity index (χ1) is 7.56. The average Bonchev–Trinajstić information content (AvgIpc) is 2.86. The molecule has 0 unspecified atom stereocenters. The van der Waals surface area contributed by atoms with Crippen molar-refractivity contribution in [3.05, 3.63) is 0 Å². The van der Waals surface area contributed by atoms with Gasteiger partial charge in [-0.2, -0.15) is 0 Å². The Kier molecular flexibility index (Phi) is 3.99. The highest BCUT2D eigenvalue weighted by Gasteiger charge is 2.33. The van der Waals surface area contributed by atoms with Crippen LogP contribution in [0.5, 0.6) is 0 Å². The SMILES string of the molecule is CC(C)(C)[B]N(C1CCCC1)C1CCCC1. The molecule has 2 saturated carbocycles. The lowest BCUT2D eigenvalue weighted by Crippen LogP contribution is -2.46. The van der Waals surface area contributed by atoms with Crippen LogP contribution in [0.3, 0.4) is 0 Å². The summed E-state index contributed by atoms with van der Waals surface area (Å²) in [5.41, 5.74) is 0. The van der Waals surface area contributed by atoms with Gasteiger partial charge in [0.05, 0.1) is 0 Å². The Hall–Kier alpha value is 0.0249. The van der Waals surface area contributed by atoms with E-state index in [1.807, 2.05) is 0 Å². The average molecular weight is 220 g/mol. The zero-order chi connectivity index (χ0) is 11.6. The van der Waals surface area contributed by atoms with Gasteiger partial charge in [-0.15, -0.1) is 0 Å². The summed E-state index contributed by atoms with van der Waals surface area (Å²) in [6.07, 6.45) is 11.5. The van der Waals surface area contributed by atoms with Crippen molar-refractivity contribution in [1.29, 1.82) is 0 Å². The molecule has 0 N–H and O–H groups in total. The third-order valence-corrected chi connectivity index (χ3v) is 4.03. The van der Waals surface area contributed by atoms with E-state index in [9.17, 15) is 0 Å². The molecule has 0 aromatic heterocycles. The summed E-state index contributed by atoms with van der Waals surface area (Å²) in [5, 5.41) is 0.338. The van der Waals surface area contributed by atoms with Crippen molar-refractivity contribution >= 4 is 7.41 Å². The summed E-state index contributed by atoms with van der Waals surface area (Å²) >= 11 is 0. The summed E-state index contributed by atoms with van der Waals surface area (Å²) in [6.45, 7) is 7.01. The first kappa shape index (κ1) is 12.5. The first-order valence-electron chi connectivity index (χ1n) is 7.20. The monoisotopic (exact) mass is 220 g/mol. The topological polar surface area (TPSA) is 3.24 Å². The standard InChI is InChI=1S/C14H27BN/c1-14(2,3)15-16(12-8-4-5-9-12)13-10-6-7-11-13/h12-13H,4-11H2,1-3H3. The lowest BCUT2D eigenvalue weighted by molar-refractivity contribution is 0.249. The van der Waals surface area contributed by atoms with Crippen molar-refractivity contribution in [3.63, 3.8) is 0 Å². The van der Waals surface area contributed by atoms with Gasteiger partial charge in [-0.1, -0.05) is 46.5 Å². The molecule has 0 aromatic carbocycles. The summed E-state index contributed by atoms with van der Waals surface area (Å²) in [4.78, 5) is 2.76. The van der Waals surface area contributed by atoms with Crippen LogP contribution in [-0.4, -0.2) is 24.3 Å². The molecule has 0 atom stereocenters. The van der Waals surface area contributed by atoms with Gasteiger partial charge in [0.2, 0.25) is 7.41 Å². The quantitative estimate of drug-likeness (QED) is 0.649. The van der Waals surface area contributed by atoms with E-state index in [4.69, 9.17) is 0 Å². The molecule has 2 rings (SSSR count). The number of hydrogen-bond donors (Lipinski definition) is 0. The van der Waals surface area contributed by atoms with E-state index in [1.165, 1.54) is 51.4 Å². The predicted molar refractivity (Wildman–Crippen MR) is 71.8 cm³/mol. The Morgan fingerprint density at radius 3 is 1.50 bits per heavy atom. The molecule has 0 aromatic rings. The van der Waals surface area contributed by atoms with E-state index < -0.39 is 0 Å². The number of nitrogens with zero attached hydrogens (tertiary/aromatic N) is 1. The van der Waals surface area contributed by atoms with Crippen LogP contribution in [-0.2, 0) is 0 Å². The molecule has 16 heavy (non-hydrogen) atoms. The Labute approximate surface area is 102 Å². The Balaban J connectivity index is 1.99. The molecule has 2 aliphatic carbocycles. The third kappa shape index (κ3) is 3.26. The second kappa shape index (κ2) is 5.12. The fourth-order valence-corrected chi connectivity index (χ4v) is 3.36. The highest BCUT2D eigenvalue weighted by molar-refractivity contribution is 6.36. The zero-order valence-corrected chi connectivity index (χ0v) is 11.3. The number of hydrogen-bond acceptors (Lipinski definition) is 1. The van der Waals surface area contributed by atoms with Gasteiger partial charge < -0.3 is 4.81 Å². The minimum absolute atomic E-state index is 0.338. The van der Waals surface area contributed by atoms with Gasteiger partial charge in [0, 0.05) is 0 Å². The van der Waals surface area contributed by atoms with Gasteiger partial charge in [-0.3, -0.25) is 0 Å². The van der Waals surface area contributed by atoms with Crippen molar-refractivity contribution in [2.24, 2.45) is 0 Å². The van der Waals surface area contributed by atoms with Crippen molar-refractivity contribution in [2.75, 3.05) is 0 Å². The van der Waals surface area contributed by atoms with Gasteiger partial charge in [0.1, 0.15) is 0 Å². The van der Waals surface area contributed by atoms with Crippen LogP contribution in [0.2, 0.25) is 5.31 Å². The summed E-state index contributed by atoms with van der Waals surface area (Å²) < 4.78 is 0. The summed E-state index contributed by atoms with van der Waals surface area (Å²) in [6, 6.07) is 1.73. The highest BCUT2D eigenvalue weighted by atomic mass is 15.1. The molecule has 2 heteroatoms. The van der Waals surface area contributed by atoms with Crippen LogP contribution in [0.4, 0.5) is 0 Å². The van der Waals surface area contributed by atoms with Crippen LogP contribution in [0, 0.1) is 0 Å². The molecule has 1 nitrogen and oxygen atoms in total. The lowest BCUT2D eigenvalue weighted by atomic mass is 9.61. The van der Waals surface area contributed by atoms with Gasteiger partial charge in [-0.25, -0.2) is 0 Å². The Morgan fingerprint density at radius 1 is 0.812 bits per heavy atom. The molecule has 0 bridgehead atoms. The van der Waals surface area contributed by atoms with Gasteiger partial charge in [-0.05, 0) is 43.1 Å². The molecular weight excluding hydrogens is 193 g/mol. The number of rotatable bonds is 3. The molecule has 0 heterocycles. The lowest BCUT2D eigenvalue weighted by Gasteiger charge is -2.38. The predicted octanol–water partition coefficient (Wildman–Crippen LogP) is 4.01. The maximum absolute atomic E-state index is 2.76. The highest BCUT2D eigenvalue weighted by Crippen LogP contribution is 2.34. The van der Waals surface area contributed by atoms with E-state index in [1.54, 1.807) is 0 Å². The van der Waals surface area contributed by atoms with Crippen LogP contribution in [0.15, 0.2) is 0 Å². The van der Waals surface area contributed by atoms with E-state index in [0.717, 1.165) is 12.1 Å².